The molecule has 1 amide bonds. The molecule has 2 aromatic carbocycles. The second-order valence-electron chi connectivity index (χ2n) is 6.09. The van der Waals surface area contributed by atoms with Crippen molar-refractivity contribution < 1.29 is 19.2 Å². The fourth-order valence-electron chi connectivity index (χ4n) is 2.64. The smallest absolute Gasteiger partial charge is 0.338 e. The standard InChI is InChI=1S/C20H22N2O5/c1-4-18(14-8-6-13(3)7-9-14)21-19(23)15-10-16(20(24)27-5-2)12-17(11-15)22(25)26/h6-12,18H,4-5H2,1-3H3,(H,21,23)/t18-/m1/s1. The quantitative estimate of drug-likeness (QED) is 0.452. The molecule has 0 spiro atoms. The predicted molar refractivity (Wildman–Crippen MR) is 101 cm³/mol. The van der Waals surface area contributed by atoms with Crippen molar-refractivity contribution in [1.29, 1.82) is 0 Å². The molecule has 7 nitrogen and oxygen atoms in total. The summed E-state index contributed by atoms with van der Waals surface area (Å²) in [5.41, 5.74) is 1.72. The van der Waals surface area contributed by atoms with E-state index in [0.29, 0.717) is 6.42 Å². The Bertz CT molecular complexity index is 846. The van der Waals surface area contributed by atoms with E-state index in [4.69, 9.17) is 4.74 Å². The van der Waals surface area contributed by atoms with Gasteiger partial charge in [-0.15, -0.1) is 0 Å². The van der Waals surface area contributed by atoms with Crippen molar-refractivity contribution in [2.75, 3.05) is 6.61 Å². The van der Waals surface area contributed by atoms with E-state index in [-0.39, 0.29) is 29.5 Å². The van der Waals surface area contributed by atoms with E-state index < -0.39 is 16.8 Å². The number of carbonyl (C=O) groups is 2. The van der Waals surface area contributed by atoms with Gasteiger partial charge in [-0.3, -0.25) is 14.9 Å². The van der Waals surface area contributed by atoms with Crippen LogP contribution in [0, 0.1) is 17.0 Å². The lowest BCUT2D eigenvalue weighted by atomic mass is 10.0. The molecule has 27 heavy (non-hydrogen) atoms. The zero-order valence-electron chi connectivity index (χ0n) is 15.5. The summed E-state index contributed by atoms with van der Waals surface area (Å²) in [6.45, 7) is 5.68. The molecule has 0 aliphatic heterocycles. The topological polar surface area (TPSA) is 98.5 Å². The number of rotatable bonds is 7. The van der Waals surface area contributed by atoms with E-state index >= 15 is 0 Å². The van der Waals surface area contributed by atoms with Gasteiger partial charge in [0.25, 0.3) is 11.6 Å². The number of hydrogen-bond donors (Lipinski definition) is 1. The molecule has 7 heteroatoms. The number of esters is 1. The molecular weight excluding hydrogens is 348 g/mol. The number of amides is 1. The SMILES string of the molecule is CCOC(=O)c1cc(C(=O)N[C@H](CC)c2ccc(C)cc2)cc([N+](=O)[O-])c1. The predicted octanol–water partition coefficient (Wildman–Crippen LogP) is 3.96. The summed E-state index contributed by atoms with van der Waals surface area (Å²) in [6, 6.07) is 11.1. The van der Waals surface area contributed by atoms with Gasteiger partial charge in [-0.25, -0.2) is 4.79 Å². The first-order valence-corrected chi connectivity index (χ1v) is 8.69. The first kappa shape index (κ1) is 20.1. The minimum Gasteiger partial charge on any atom is -0.462 e. The number of aryl methyl sites for hydroxylation is 1. The zero-order valence-corrected chi connectivity index (χ0v) is 15.5. The van der Waals surface area contributed by atoms with Gasteiger partial charge >= 0.3 is 5.97 Å². The summed E-state index contributed by atoms with van der Waals surface area (Å²) in [5.74, 6) is -1.20. The third-order valence-electron chi connectivity index (χ3n) is 4.10. The Morgan fingerprint density at radius 1 is 1.11 bits per heavy atom. The van der Waals surface area contributed by atoms with Crippen molar-refractivity contribution >= 4 is 17.6 Å². The fraction of sp³-hybridized carbons (Fsp3) is 0.300. The Labute approximate surface area is 157 Å². The van der Waals surface area contributed by atoms with Crippen LogP contribution < -0.4 is 5.32 Å². The lowest BCUT2D eigenvalue weighted by Gasteiger charge is -2.18. The molecule has 0 heterocycles. The summed E-state index contributed by atoms with van der Waals surface area (Å²) >= 11 is 0. The Hall–Kier alpha value is -3.22. The molecule has 0 aliphatic carbocycles. The van der Waals surface area contributed by atoms with Gasteiger partial charge in [0.2, 0.25) is 0 Å². The van der Waals surface area contributed by atoms with Crippen LogP contribution in [-0.4, -0.2) is 23.4 Å². The molecule has 142 valence electrons. The van der Waals surface area contributed by atoms with Crippen molar-refractivity contribution in [2.24, 2.45) is 0 Å². The lowest BCUT2D eigenvalue weighted by Crippen LogP contribution is -2.28. The van der Waals surface area contributed by atoms with Crippen molar-refractivity contribution in [1.82, 2.24) is 5.32 Å². The van der Waals surface area contributed by atoms with Crippen molar-refractivity contribution in [3.05, 3.63) is 74.8 Å². The normalized spacial score (nSPS) is 11.5. The molecule has 0 bridgehead atoms. The van der Waals surface area contributed by atoms with Crippen LogP contribution in [0.2, 0.25) is 0 Å². The van der Waals surface area contributed by atoms with E-state index in [0.717, 1.165) is 23.3 Å². The Morgan fingerprint density at radius 3 is 2.30 bits per heavy atom. The summed E-state index contributed by atoms with van der Waals surface area (Å²) in [6.07, 6.45) is 0.647. The molecule has 2 rings (SSSR count). The van der Waals surface area contributed by atoms with Crippen molar-refractivity contribution in [3.8, 4) is 0 Å². The second-order valence-corrected chi connectivity index (χ2v) is 6.09. The van der Waals surface area contributed by atoms with Gasteiger partial charge in [0.1, 0.15) is 0 Å². The molecule has 2 aromatic rings. The third-order valence-corrected chi connectivity index (χ3v) is 4.10. The monoisotopic (exact) mass is 370 g/mol. The number of ether oxygens (including phenoxy) is 1. The van der Waals surface area contributed by atoms with Gasteiger partial charge in [-0.05, 0) is 31.9 Å². The van der Waals surface area contributed by atoms with Gasteiger partial charge in [-0.1, -0.05) is 36.8 Å². The Balaban J connectivity index is 2.31. The lowest BCUT2D eigenvalue weighted by molar-refractivity contribution is -0.384. The molecule has 1 N–H and O–H groups in total. The van der Waals surface area contributed by atoms with Crippen molar-refractivity contribution in [2.45, 2.75) is 33.2 Å². The molecule has 0 aliphatic rings. The van der Waals surface area contributed by atoms with Crippen molar-refractivity contribution in [3.63, 3.8) is 0 Å². The molecule has 1 atom stereocenters. The average molecular weight is 370 g/mol. The molecule has 0 unspecified atom stereocenters. The van der Waals surface area contributed by atoms with Gasteiger partial charge < -0.3 is 10.1 Å². The molecule has 0 aromatic heterocycles. The van der Waals surface area contributed by atoms with Gasteiger partial charge in [-0.2, -0.15) is 0 Å². The summed E-state index contributed by atoms with van der Waals surface area (Å²) in [4.78, 5) is 35.1. The third kappa shape index (κ3) is 5.13. The number of hydrogen-bond acceptors (Lipinski definition) is 5. The maximum absolute atomic E-state index is 12.7. The van der Waals surface area contributed by atoms with E-state index in [1.165, 1.54) is 6.07 Å². The van der Waals surface area contributed by atoms with Crippen LogP contribution in [0.4, 0.5) is 5.69 Å². The minimum atomic E-state index is -0.708. The average Bonchev–Trinajstić information content (AvgIpc) is 2.66. The highest BCUT2D eigenvalue weighted by molar-refractivity contribution is 5.99. The molecule has 0 saturated carbocycles. The largest absolute Gasteiger partial charge is 0.462 e. The van der Waals surface area contributed by atoms with Gasteiger partial charge in [0.15, 0.2) is 0 Å². The first-order valence-electron chi connectivity index (χ1n) is 8.69. The number of nitro groups is 1. The number of non-ortho nitro benzene ring substituents is 1. The molecule has 0 radical (unpaired) electrons. The van der Waals surface area contributed by atoms with Crippen LogP contribution in [-0.2, 0) is 4.74 Å². The second kappa shape index (κ2) is 8.93. The Kier molecular flexibility index (Phi) is 6.65. The fourth-order valence-corrected chi connectivity index (χ4v) is 2.64. The highest BCUT2D eigenvalue weighted by atomic mass is 16.6. The van der Waals surface area contributed by atoms with Gasteiger partial charge in [0, 0.05) is 17.7 Å². The maximum Gasteiger partial charge on any atom is 0.338 e. The summed E-state index contributed by atoms with van der Waals surface area (Å²) < 4.78 is 4.89. The zero-order chi connectivity index (χ0) is 20.0. The van der Waals surface area contributed by atoms with Crippen LogP contribution in [0.15, 0.2) is 42.5 Å². The highest BCUT2D eigenvalue weighted by Crippen LogP contribution is 2.21. The summed E-state index contributed by atoms with van der Waals surface area (Å²) in [7, 11) is 0. The minimum absolute atomic E-state index is 0.0282. The van der Waals surface area contributed by atoms with Crippen LogP contribution in [0.3, 0.4) is 0 Å². The molecule has 0 saturated heterocycles. The number of nitrogens with one attached hydrogen (secondary N) is 1. The van der Waals surface area contributed by atoms with E-state index in [1.54, 1.807) is 6.92 Å². The number of nitro benzene ring substituents is 1. The number of benzene rings is 2. The van der Waals surface area contributed by atoms with Gasteiger partial charge in [0.05, 0.1) is 23.1 Å². The van der Waals surface area contributed by atoms with E-state index in [1.807, 2.05) is 38.1 Å². The number of carbonyl (C=O) groups excluding carboxylic acids is 2. The first-order chi connectivity index (χ1) is 12.8. The molecule has 0 fully saturated rings. The van der Waals surface area contributed by atoms with E-state index in [9.17, 15) is 19.7 Å². The number of nitrogens with zero attached hydrogens (tertiary/aromatic N) is 1. The maximum atomic E-state index is 12.7. The van der Waals surface area contributed by atoms with Crippen LogP contribution in [0.25, 0.3) is 0 Å². The Morgan fingerprint density at radius 2 is 1.74 bits per heavy atom. The van der Waals surface area contributed by atoms with Crippen LogP contribution in [0.5, 0.6) is 0 Å². The van der Waals surface area contributed by atoms with Crippen LogP contribution >= 0.6 is 0 Å². The summed E-state index contributed by atoms with van der Waals surface area (Å²) in [5, 5.41) is 14.0. The molecular formula is C20H22N2O5. The van der Waals surface area contributed by atoms with E-state index in [2.05, 4.69) is 5.32 Å². The highest BCUT2D eigenvalue weighted by Gasteiger charge is 2.20. The van der Waals surface area contributed by atoms with Crippen LogP contribution in [0.1, 0.15) is 58.2 Å².